The number of carbonyl (C=O) groups is 5. The molecule has 1 fully saturated rings. The van der Waals surface area contributed by atoms with Crippen LogP contribution in [0.15, 0.2) is 39.0 Å². The van der Waals surface area contributed by atoms with Crippen molar-refractivity contribution in [3.05, 3.63) is 40.5 Å². The van der Waals surface area contributed by atoms with Gasteiger partial charge in [-0.1, -0.05) is 16.9 Å². The lowest BCUT2D eigenvalue weighted by molar-refractivity contribution is -0.150. The Balaban J connectivity index is 1.38. The summed E-state index contributed by atoms with van der Waals surface area (Å²) < 4.78 is 3.82. The van der Waals surface area contributed by atoms with Gasteiger partial charge >= 0.3 is 5.97 Å². The van der Waals surface area contributed by atoms with Crippen molar-refractivity contribution in [3.63, 3.8) is 0 Å². The molecule has 2 aromatic heterocycles. The Morgan fingerprint density at radius 3 is 2.73 bits per heavy atom. The van der Waals surface area contributed by atoms with Gasteiger partial charge in [0.1, 0.15) is 17.1 Å². The van der Waals surface area contributed by atoms with Gasteiger partial charge in [-0.3, -0.25) is 29.1 Å². The molecule has 2 aliphatic heterocycles. The third kappa shape index (κ3) is 7.59. The van der Waals surface area contributed by atoms with Crippen molar-refractivity contribution in [1.29, 1.82) is 0 Å². The second kappa shape index (κ2) is 14.7. The van der Waals surface area contributed by atoms with Crippen LogP contribution in [0, 0.1) is 0 Å². The molecule has 0 radical (unpaired) electrons. The van der Waals surface area contributed by atoms with Gasteiger partial charge in [-0.05, 0) is 12.1 Å². The molecule has 4 heterocycles. The van der Waals surface area contributed by atoms with Gasteiger partial charge in [-0.2, -0.15) is 21.1 Å². The van der Waals surface area contributed by atoms with Crippen molar-refractivity contribution in [1.82, 2.24) is 29.9 Å². The molecule has 0 saturated carbocycles. The topological polar surface area (TPSA) is 282 Å². The number of pyridine rings is 1. The van der Waals surface area contributed by atoms with E-state index in [-0.39, 0.29) is 28.8 Å². The first kappa shape index (κ1) is 33.0. The summed E-state index contributed by atoms with van der Waals surface area (Å²) in [5.74, 6) is -3.04. The summed E-state index contributed by atoms with van der Waals surface area (Å²) in [6.07, 6.45) is 1.35. The molecule has 1 saturated heterocycles. The van der Waals surface area contributed by atoms with E-state index in [2.05, 4.69) is 30.1 Å². The van der Waals surface area contributed by atoms with Gasteiger partial charge in [0.05, 0.1) is 18.2 Å². The number of β-lactam (4-membered cyclic amide) rings is 1. The van der Waals surface area contributed by atoms with Crippen molar-refractivity contribution >= 4 is 87.3 Å². The number of rotatable bonds is 14. The van der Waals surface area contributed by atoms with Crippen LogP contribution >= 0.6 is 46.8 Å². The van der Waals surface area contributed by atoms with E-state index in [1.54, 1.807) is 18.3 Å². The van der Waals surface area contributed by atoms with Crippen LogP contribution in [0.5, 0.6) is 0 Å². The summed E-state index contributed by atoms with van der Waals surface area (Å²) in [5.41, 5.74) is 16.1. The van der Waals surface area contributed by atoms with E-state index >= 15 is 0 Å². The number of carboxylic acids is 1. The minimum absolute atomic E-state index is 0.0479. The molecule has 17 nitrogen and oxygen atoms in total. The van der Waals surface area contributed by atoms with E-state index in [0.29, 0.717) is 33.5 Å². The summed E-state index contributed by atoms with van der Waals surface area (Å²) in [6.45, 7) is 0.298. The minimum atomic E-state index is -1.30. The van der Waals surface area contributed by atoms with Crippen molar-refractivity contribution in [3.8, 4) is 0 Å². The summed E-state index contributed by atoms with van der Waals surface area (Å²) in [4.78, 5) is 71.4. The number of aliphatic carboxylic acids is 1. The monoisotopic (exact) mass is 682 g/mol. The molecule has 0 aliphatic carbocycles. The highest BCUT2D eigenvalue weighted by molar-refractivity contribution is 8.06. The fourth-order valence-electron chi connectivity index (χ4n) is 4.02. The number of primary amides is 1. The number of hydrogen-bond acceptors (Lipinski definition) is 16. The summed E-state index contributed by atoms with van der Waals surface area (Å²) in [6, 6.07) is 1.41. The summed E-state index contributed by atoms with van der Waals surface area (Å²) in [5, 5.41) is 26.7. The number of amides is 4. The largest absolute Gasteiger partial charge is 0.477 e. The first-order valence-electron chi connectivity index (χ1n) is 12.6. The number of nitrogens with zero attached hydrogens (tertiary/aromatic N) is 5. The molecule has 2 aliphatic rings. The molecule has 0 unspecified atom stereocenters. The lowest BCUT2D eigenvalue weighted by atomic mass is 10.0. The molecule has 4 rings (SSSR count). The fraction of sp³-hybridized carbons (Fsp3) is 0.348. The number of nitrogens with one attached hydrogen (secondary N) is 2. The Morgan fingerprint density at radius 1 is 1.30 bits per heavy atom. The van der Waals surface area contributed by atoms with Gasteiger partial charge in [0.15, 0.2) is 5.13 Å². The van der Waals surface area contributed by atoms with Gasteiger partial charge in [-0.15, -0.1) is 11.8 Å². The molecular weight excluding hydrogens is 657 g/mol. The van der Waals surface area contributed by atoms with Crippen LogP contribution in [0.25, 0.3) is 0 Å². The smallest absolute Gasteiger partial charge is 0.353 e. The Morgan fingerprint density at radius 2 is 2.07 bits per heavy atom. The molecular formula is C23H26N10O7S4. The molecule has 10 N–H and O–H groups in total. The Labute approximate surface area is 266 Å². The van der Waals surface area contributed by atoms with Crippen molar-refractivity contribution in [2.45, 2.75) is 34.5 Å². The molecule has 21 heteroatoms. The summed E-state index contributed by atoms with van der Waals surface area (Å²) >= 11 is 4.71. The van der Waals surface area contributed by atoms with Crippen molar-refractivity contribution in [2.24, 2.45) is 16.6 Å². The first-order valence-corrected chi connectivity index (χ1v) is 16.4. The number of thioether (sulfide) groups is 3. The maximum atomic E-state index is 13.1. The number of anilines is 1. The molecule has 0 bridgehead atoms. The molecule has 2 aromatic rings. The van der Waals surface area contributed by atoms with E-state index < -0.39 is 52.8 Å². The van der Waals surface area contributed by atoms with Crippen LogP contribution in [-0.2, 0) is 29.7 Å². The average molecular weight is 683 g/mol. The first-order chi connectivity index (χ1) is 21.0. The highest BCUT2D eigenvalue weighted by Gasteiger charge is 2.54. The number of fused-ring (bicyclic) bond motifs is 1. The SMILES string of the molecule is NC(=O)C[C@H](N)C(=O)NCCSCc1ncccc1SC1=C(C(=O)O)N2C(=O)[C@@H](NC(=O)/C(=N\O)c3nsc(N)n3)[C@@H]2SC1. The predicted molar refractivity (Wildman–Crippen MR) is 163 cm³/mol. The molecule has 3 atom stereocenters. The van der Waals surface area contributed by atoms with Crippen molar-refractivity contribution < 1.29 is 34.3 Å². The van der Waals surface area contributed by atoms with Gasteiger partial charge in [0.25, 0.3) is 11.8 Å². The number of hydrogen-bond donors (Lipinski definition) is 7. The molecule has 234 valence electrons. The molecule has 0 aromatic carbocycles. The van der Waals surface area contributed by atoms with Gasteiger partial charge in [-0.25, -0.2) is 4.79 Å². The lowest BCUT2D eigenvalue weighted by Gasteiger charge is -2.49. The number of carbonyl (C=O) groups excluding carboxylic acids is 4. The average Bonchev–Trinajstić information content (AvgIpc) is 3.41. The zero-order valence-electron chi connectivity index (χ0n) is 22.5. The van der Waals surface area contributed by atoms with Crippen molar-refractivity contribution in [2.75, 3.05) is 23.8 Å². The normalized spacial score (nSPS) is 18.7. The van der Waals surface area contributed by atoms with Gasteiger partial charge in [0, 0.05) is 51.3 Å². The highest BCUT2D eigenvalue weighted by Crippen LogP contribution is 2.45. The Bertz CT molecular complexity index is 1530. The minimum Gasteiger partial charge on any atom is -0.477 e. The standard InChI is InChI=1S/C23H26N10O7S4/c24-9(6-13(25)34)18(35)28-4-5-41-7-10-11(2-1-3-27-10)43-12-8-42-21-15(20(37)33(21)16(12)22(38)39)29-19(36)14(31-40)17-30-23(26)44-32-17/h1-3,9,15,21,40H,4-8,24H2,(H2,25,34)(H,28,35)(H,29,36)(H,38,39)(H2,26,30,32)/b31-14-/t9-,15+,21-/m0/s1. The second-order valence-corrected chi connectivity index (χ2v) is 13.1. The number of carboxylic acid groups (broad SMARTS) is 1. The molecule has 4 amide bonds. The Kier molecular flexibility index (Phi) is 11.0. The number of oxime groups is 1. The van der Waals surface area contributed by atoms with E-state index in [1.807, 2.05) is 0 Å². The van der Waals surface area contributed by atoms with Crippen LogP contribution in [-0.4, -0.2) is 100 Å². The van der Waals surface area contributed by atoms with E-state index in [9.17, 15) is 34.3 Å². The number of nitrogens with two attached hydrogens (primary N) is 3. The highest BCUT2D eigenvalue weighted by atomic mass is 32.2. The lowest BCUT2D eigenvalue weighted by Crippen LogP contribution is -2.71. The quantitative estimate of drug-likeness (QED) is 0.0402. The zero-order valence-corrected chi connectivity index (χ0v) is 25.8. The van der Waals surface area contributed by atoms with Crippen LogP contribution in [0.1, 0.15) is 17.9 Å². The van der Waals surface area contributed by atoms with E-state index in [0.717, 1.165) is 16.4 Å². The predicted octanol–water partition coefficient (Wildman–Crippen LogP) is -1.27. The summed E-state index contributed by atoms with van der Waals surface area (Å²) in [7, 11) is 0. The maximum absolute atomic E-state index is 13.1. The van der Waals surface area contributed by atoms with E-state index in [4.69, 9.17) is 17.2 Å². The third-order valence-corrected chi connectivity index (χ3v) is 10.2. The van der Waals surface area contributed by atoms with Crippen LogP contribution in [0.3, 0.4) is 0 Å². The number of nitrogen functional groups attached to an aromatic ring is 1. The third-order valence-electron chi connectivity index (χ3n) is 6.02. The molecule has 44 heavy (non-hydrogen) atoms. The fourth-order valence-corrected chi connectivity index (χ4v) is 7.93. The second-order valence-electron chi connectivity index (χ2n) is 9.01. The van der Waals surface area contributed by atoms with Crippen LogP contribution < -0.4 is 27.8 Å². The maximum Gasteiger partial charge on any atom is 0.353 e. The van der Waals surface area contributed by atoms with Gasteiger partial charge in [0.2, 0.25) is 23.4 Å². The van der Waals surface area contributed by atoms with Crippen LogP contribution in [0.2, 0.25) is 0 Å². The van der Waals surface area contributed by atoms with Crippen LogP contribution in [0.4, 0.5) is 5.13 Å². The zero-order chi connectivity index (χ0) is 32.0. The van der Waals surface area contributed by atoms with Gasteiger partial charge < -0.3 is 38.1 Å². The number of aromatic nitrogens is 3. The molecule has 0 spiro atoms. The Hall–Kier alpha value is -3.92. The van der Waals surface area contributed by atoms with E-state index in [1.165, 1.54) is 35.3 Å².